The number of carbonyl (C=O) groups excluding carboxylic acids is 1. The molecular formula is C21H19FN2OS. The first kappa shape index (κ1) is 17.0. The van der Waals surface area contributed by atoms with Crippen molar-refractivity contribution in [2.75, 3.05) is 11.4 Å². The van der Waals surface area contributed by atoms with Gasteiger partial charge in [-0.1, -0.05) is 19.1 Å². The Kier molecular flexibility index (Phi) is 4.41. The van der Waals surface area contributed by atoms with Gasteiger partial charge >= 0.3 is 0 Å². The van der Waals surface area contributed by atoms with Gasteiger partial charge in [0.05, 0.1) is 22.5 Å². The SMILES string of the molecule is Cc1nc2cc(F)ccc2cc1C(=O)N1CCC(C)Sc2ccccc21. The van der Waals surface area contributed by atoms with Crippen molar-refractivity contribution in [2.24, 2.45) is 0 Å². The monoisotopic (exact) mass is 366 g/mol. The van der Waals surface area contributed by atoms with Crippen LogP contribution in [0, 0.1) is 12.7 Å². The van der Waals surface area contributed by atoms with Gasteiger partial charge in [0.1, 0.15) is 5.82 Å². The van der Waals surface area contributed by atoms with E-state index in [-0.39, 0.29) is 11.7 Å². The van der Waals surface area contributed by atoms with Gasteiger partial charge in [0, 0.05) is 28.1 Å². The average molecular weight is 366 g/mol. The highest BCUT2D eigenvalue weighted by Crippen LogP contribution is 2.38. The van der Waals surface area contributed by atoms with Gasteiger partial charge in [0.15, 0.2) is 0 Å². The summed E-state index contributed by atoms with van der Waals surface area (Å²) in [7, 11) is 0. The van der Waals surface area contributed by atoms with Crippen molar-refractivity contribution >= 4 is 34.3 Å². The maximum Gasteiger partial charge on any atom is 0.260 e. The standard InChI is InChI=1S/C21H19FN2OS/c1-13-9-10-24(19-5-3-4-6-20(19)26-13)21(25)17-11-15-7-8-16(22)12-18(15)23-14(17)2/h3-8,11-13H,9-10H2,1-2H3. The molecule has 0 radical (unpaired) electrons. The summed E-state index contributed by atoms with van der Waals surface area (Å²) in [4.78, 5) is 20.8. The van der Waals surface area contributed by atoms with E-state index in [2.05, 4.69) is 18.0 Å². The maximum atomic E-state index is 13.4. The molecule has 0 saturated heterocycles. The van der Waals surface area contributed by atoms with Crippen LogP contribution in [0.1, 0.15) is 29.4 Å². The van der Waals surface area contributed by atoms with E-state index in [4.69, 9.17) is 0 Å². The van der Waals surface area contributed by atoms with Gasteiger partial charge in [-0.2, -0.15) is 0 Å². The summed E-state index contributed by atoms with van der Waals surface area (Å²) in [6, 6.07) is 14.3. The number of para-hydroxylation sites is 1. The number of nitrogens with zero attached hydrogens (tertiary/aromatic N) is 2. The molecule has 0 saturated carbocycles. The van der Waals surface area contributed by atoms with E-state index < -0.39 is 0 Å². The molecule has 1 atom stereocenters. The Morgan fingerprint density at radius 1 is 1.23 bits per heavy atom. The van der Waals surface area contributed by atoms with Gasteiger partial charge in [-0.25, -0.2) is 4.39 Å². The predicted octanol–water partition coefficient (Wildman–Crippen LogP) is 5.21. The zero-order chi connectivity index (χ0) is 18.3. The molecule has 1 aromatic heterocycles. The molecule has 2 heterocycles. The van der Waals surface area contributed by atoms with Crippen LogP contribution in [0.5, 0.6) is 0 Å². The molecular weight excluding hydrogens is 347 g/mol. The first-order valence-corrected chi connectivity index (χ1v) is 9.55. The van der Waals surface area contributed by atoms with Gasteiger partial charge < -0.3 is 4.90 Å². The summed E-state index contributed by atoms with van der Waals surface area (Å²) in [6.45, 7) is 4.66. The predicted molar refractivity (Wildman–Crippen MR) is 104 cm³/mol. The molecule has 0 aliphatic carbocycles. The largest absolute Gasteiger partial charge is 0.307 e. The first-order chi connectivity index (χ1) is 12.5. The normalized spacial score (nSPS) is 17.0. The van der Waals surface area contributed by atoms with E-state index in [1.165, 1.54) is 12.1 Å². The highest BCUT2D eigenvalue weighted by atomic mass is 32.2. The Bertz CT molecular complexity index is 1000. The van der Waals surface area contributed by atoms with Crippen LogP contribution in [0.2, 0.25) is 0 Å². The second-order valence-corrected chi connectivity index (χ2v) is 8.08. The summed E-state index contributed by atoms with van der Waals surface area (Å²) in [5.74, 6) is -0.376. The number of aromatic nitrogens is 1. The molecule has 4 rings (SSSR count). The van der Waals surface area contributed by atoms with E-state index >= 15 is 0 Å². The van der Waals surface area contributed by atoms with Crippen LogP contribution >= 0.6 is 11.8 Å². The molecule has 1 unspecified atom stereocenters. The third kappa shape index (κ3) is 3.07. The zero-order valence-electron chi connectivity index (χ0n) is 14.7. The molecule has 0 N–H and O–H groups in total. The summed E-state index contributed by atoms with van der Waals surface area (Å²) < 4.78 is 13.4. The Hall–Kier alpha value is -2.40. The summed E-state index contributed by atoms with van der Waals surface area (Å²) >= 11 is 1.81. The number of aryl methyl sites for hydroxylation is 1. The van der Waals surface area contributed by atoms with Gasteiger partial charge in [-0.3, -0.25) is 9.78 Å². The minimum Gasteiger partial charge on any atom is -0.307 e. The number of thioether (sulfide) groups is 1. The zero-order valence-corrected chi connectivity index (χ0v) is 15.5. The molecule has 0 bridgehead atoms. The average Bonchev–Trinajstić information content (AvgIpc) is 2.78. The van der Waals surface area contributed by atoms with Crippen LogP contribution in [0.25, 0.3) is 10.9 Å². The molecule has 3 aromatic rings. The van der Waals surface area contributed by atoms with Gasteiger partial charge in [0.25, 0.3) is 5.91 Å². The Balaban J connectivity index is 1.79. The van der Waals surface area contributed by atoms with Crippen LogP contribution in [0.15, 0.2) is 53.4 Å². The number of carbonyl (C=O) groups is 1. The number of amides is 1. The van der Waals surface area contributed by atoms with E-state index in [1.807, 2.05) is 29.2 Å². The number of benzene rings is 2. The van der Waals surface area contributed by atoms with Gasteiger partial charge in [0.2, 0.25) is 0 Å². The van der Waals surface area contributed by atoms with Crippen LogP contribution in [-0.2, 0) is 0 Å². The van der Waals surface area contributed by atoms with E-state index in [9.17, 15) is 9.18 Å². The third-order valence-electron chi connectivity index (χ3n) is 4.69. The van der Waals surface area contributed by atoms with Crippen molar-refractivity contribution in [3.05, 3.63) is 65.6 Å². The molecule has 1 aliphatic rings. The molecule has 2 aromatic carbocycles. The topological polar surface area (TPSA) is 33.2 Å². The minimum absolute atomic E-state index is 0.0524. The lowest BCUT2D eigenvalue weighted by Gasteiger charge is -2.23. The second-order valence-electron chi connectivity index (χ2n) is 6.60. The van der Waals surface area contributed by atoms with Crippen molar-refractivity contribution in [1.29, 1.82) is 0 Å². The van der Waals surface area contributed by atoms with Crippen molar-refractivity contribution in [1.82, 2.24) is 4.98 Å². The first-order valence-electron chi connectivity index (χ1n) is 8.67. The Labute approximate surface area is 156 Å². The number of fused-ring (bicyclic) bond motifs is 2. The van der Waals surface area contributed by atoms with Crippen LogP contribution in [-0.4, -0.2) is 22.7 Å². The summed E-state index contributed by atoms with van der Waals surface area (Å²) in [5.41, 5.74) is 2.71. The highest BCUT2D eigenvalue weighted by Gasteiger charge is 2.26. The molecule has 3 nitrogen and oxygen atoms in total. The summed E-state index contributed by atoms with van der Waals surface area (Å²) in [5, 5.41) is 1.22. The molecule has 1 amide bonds. The fourth-order valence-corrected chi connectivity index (χ4v) is 4.41. The lowest BCUT2D eigenvalue weighted by Crippen LogP contribution is -2.33. The van der Waals surface area contributed by atoms with Crippen molar-refractivity contribution < 1.29 is 9.18 Å². The Morgan fingerprint density at radius 3 is 2.88 bits per heavy atom. The van der Waals surface area contributed by atoms with Crippen LogP contribution in [0.3, 0.4) is 0 Å². The number of pyridine rings is 1. The fourth-order valence-electron chi connectivity index (χ4n) is 3.30. The van der Waals surface area contributed by atoms with Gasteiger partial charge in [-0.05, 0) is 43.7 Å². The van der Waals surface area contributed by atoms with Crippen LogP contribution < -0.4 is 4.90 Å². The lowest BCUT2D eigenvalue weighted by molar-refractivity contribution is 0.0985. The second kappa shape index (κ2) is 6.72. The van der Waals surface area contributed by atoms with E-state index in [0.717, 1.165) is 22.4 Å². The minimum atomic E-state index is -0.323. The van der Waals surface area contributed by atoms with Crippen LogP contribution in [0.4, 0.5) is 10.1 Å². The fraction of sp³-hybridized carbons (Fsp3) is 0.238. The van der Waals surface area contributed by atoms with Crippen molar-refractivity contribution in [3.63, 3.8) is 0 Å². The quantitative estimate of drug-likeness (QED) is 0.592. The number of rotatable bonds is 1. The number of halogens is 1. The van der Waals surface area contributed by atoms with E-state index in [1.54, 1.807) is 24.8 Å². The van der Waals surface area contributed by atoms with Crippen molar-refractivity contribution in [3.8, 4) is 0 Å². The maximum absolute atomic E-state index is 13.4. The molecule has 26 heavy (non-hydrogen) atoms. The summed E-state index contributed by atoms with van der Waals surface area (Å²) in [6.07, 6.45) is 0.927. The van der Waals surface area contributed by atoms with Gasteiger partial charge in [-0.15, -0.1) is 11.8 Å². The molecule has 0 spiro atoms. The van der Waals surface area contributed by atoms with E-state index in [0.29, 0.717) is 28.6 Å². The smallest absolute Gasteiger partial charge is 0.260 e. The lowest BCUT2D eigenvalue weighted by atomic mass is 10.1. The Morgan fingerprint density at radius 2 is 2.04 bits per heavy atom. The molecule has 132 valence electrons. The number of anilines is 1. The number of hydrogen-bond donors (Lipinski definition) is 0. The molecule has 1 aliphatic heterocycles. The highest BCUT2D eigenvalue weighted by molar-refractivity contribution is 8.00. The van der Waals surface area contributed by atoms with Crippen molar-refractivity contribution in [2.45, 2.75) is 30.4 Å². The number of hydrogen-bond acceptors (Lipinski definition) is 3. The molecule has 5 heteroatoms. The molecule has 0 fully saturated rings. The third-order valence-corrected chi connectivity index (χ3v) is 5.93.